The Morgan fingerprint density at radius 3 is 2.50 bits per heavy atom. The van der Waals surface area contributed by atoms with Crippen molar-refractivity contribution in [1.29, 1.82) is 0 Å². The van der Waals surface area contributed by atoms with Gasteiger partial charge in [0.2, 0.25) is 0 Å². The maximum absolute atomic E-state index is 12.8. The van der Waals surface area contributed by atoms with Crippen LogP contribution in [0.2, 0.25) is 0 Å². The normalized spacial score (nSPS) is 15.5. The van der Waals surface area contributed by atoms with Crippen molar-refractivity contribution in [2.24, 2.45) is 0 Å². The number of ether oxygens (including phenoxy) is 2. The fourth-order valence-corrected chi connectivity index (χ4v) is 3.82. The fraction of sp³-hybridized carbons (Fsp3) is 0.320. The molecule has 9 heteroatoms. The second-order valence-electron chi connectivity index (χ2n) is 7.48. The molecule has 34 heavy (non-hydrogen) atoms. The van der Waals surface area contributed by atoms with Crippen molar-refractivity contribution in [3.8, 4) is 5.75 Å². The quantitative estimate of drug-likeness (QED) is 0.491. The van der Waals surface area contributed by atoms with Crippen molar-refractivity contribution < 1.29 is 23.9 Å². The highest BCUT2D eigenvalue weighted by Gasteiger charge is 2.35. The van der Waals surface area contributed by atoms with E-state index in [2.05, 4.69) is 16.0 Å². The molecule has 1 aliphatic rings. The molecule has 1 aliphatic heterocycles. The van der Waals surface area contributed by atoms with Gasteiger partial charge in [0, 0.05) is 17.9 Å². The summed E-state index contributed by atoms with van der Waals surface area (Å²) in [6.45, 7) is 8.26. The summed E-state index contributed by atoms with van der Waals surface area (Å²) in [5.41, 5.74) is 2.57. The average Bonchev–Trinajstić information content (AvgIpc) is 2.80. The van der Waals surface area contributed by atoms with E-state index in [4.69, 9.17) is 9.47 Å². The zero-order valence-electron chi connectivity index (χ0n) is 19.8. The van der Waals surface area contributed by atoms with Crippen LogP contribution >= 0.6 is 0 Å². The van der Waals surface area contributed by atoms with Gasteiger partial charge < -0.3 is 25.4 Å². The second kappa shape index (κ2) is 11.2. The topological polar surface area (TPSA) is 109 Å². The molecule has 0 radical (unpaired) electrons. The number of allylic oxidation sites excluding steroid dienone is 1. The van der Waals surface area contributed by atoms with Crippen molar-refractivity contribution in [3.63, 3.8) is 0 Å². The van der Waals surface area contributed by atoms with Gasteiger partial charge in [0.05, 0.1) is 30.5 Å². The highest BCUT2D eigenvalue weighted by atomic mass is 16.5. The summed E-state index contributed by atoms with van der Waals surface area (Å²) in [7, 11) is 0. The lowest BCUT2D eigenvalue weighted by Crippen LogP contribution is -2.47. The number of benzene rings is 2. The predicted molar refractivity (Wildman–Crippen MR) is 130 cm³/mol. The van der Waals surface area contributed by atoms with Crippen LogP contribution in [-0.4, -0.2) is 42.7 Å². The number of carbonyl (C=O) groups is 3. The summed E-state index contributed by atoms with van der Waals surface area (Å²) >= 11 is 0. The molecule has 0 bridgehead atoms. The number of esters is 1. The third kappa shape index (κ3) is 5.48. The van der Waals surface area contributed by atoms with Crippen LogP contribution in [0.15, 0.2) is 59.8 Å². The largest absolute Gasteiger partial charge is 0.492 e. The zero-order valence-corrected chi connectivity index (χ0v) is 19.8. The van der Waals surface area contributed by atoms with E-state index in [0.717, 1.165) is 0 Å². The molecule has 2 aromatic rings. The lowest BCUT2D eigenvalue weighted by atomic mass is 9.94. The van der Waals surface area contributed by atoms with Crippen LogP contribution in [0.3, 0.4) is 0 Å². The number of amides is 4. The van der Waals surface area contributed by atoms with Gasteiger partial charge in [0.25, 0.3) is 0 Å². The van der Waals surface area contributed by atoms with Gasteiger partial charge in [0.15, 0.2) is 0 Å². The first-order valence-corrected chi connectivity index (χ1v) is 11.2. The molecule has 1 atom stereocenters. The molecule has 0 saturated heterocycles. The number of anilines is 2. The van der Waals surface area contributed by atoms with Crippen LogP contribution in [0.25, 0.3) is 0 Å². The Morgan fingerprint density at radius 2 is 1.79 bits per heavy atom. The van der Waals surface area contributed by atoms with Crippen molar-refractivity contribution in [1.82, 2.24) is 10.2 Å². The Kier molecular flexibility index (Phi) is 8.13. The van der Waals surface area contributed by atoms with E-state index >= 15 is 0 Å². The molecule has 0 spiro atoms. The van der Waals surface area contributed by atoms with E-state index in [1.165, 1.54) is 4.90 Å². The number of nitrogens with zero attached hydrogens (tertiary/aromatic N) is 1. The Balaban J connectivity index is 1.85. The van der Waals surface area contributed by atoms with Crippen molar-refractivity contribution in [3.05, 3.63) is 65.4 Å². The number of nitrogens with one attached hydrogen (secondary N) is 3. The molecule has 4 amide bonds. The number of hydrogen-bond acceptors (Lipinski definition) is 5. The number of rotatable bonds is 8. The second-order valence-corrected chi connectivity index (χ2v) is 7.48. The first-order chi connectivity index (χ1) is 16.4. The monoisotopic (exact) mass is 466 g/mol. The first kappa shape index (κ1) is 24.6. The van der Waals surface area contributed by atoms with Crippen molar-refractivity contribution in [2.45, 2.75) is 33.7 Å². The van der Waals surface area contributed by atoms with Gasteiger partial charge in [-0.3, -0.25) is 4.90 Å². The fourth-order valence-electron chi connectivity index (χ4n) is 3.82. The van der Waals surface area contributed by atoms with Crippen molar-refractivity contribution >= 4 is 29.4 Å². The molecule has 1 heterocycles. The van der Waals surface area contributed by atoms with Gasteiger partial charge >= 0.3 is 18.0 Å². The summed E-state index contributed by atoms with van der Waals surface area (Å²) in [6.07, 6.45) is 0. The van der Waals surface area contributed by atoms with E-state index < -0.39 is 18.0 Å². The summed E-state index contributed by atoms with van der Waals surface area (Å²) in [4.78, 5) is 39.5. The third-order valence-corrected chi connectivity index (χ3v) is 5.32. The Hall–Kier alpha value is -4.01. The Bertz CT molecular complexity index is 1100. The Labute approximate surface area is 199 Å². The van der Waals surface area contributed by atoms with Crippen LogP contribution < -0.4 is 20.7 Å². The highest BCUT2D eigenvalue weighted by molar-refractivity contribution is 6.01. The average molecular weight is 467 g/mol. The summed E-state index contributed by atoms with van der Waals surface area (Å²) < 4.78 is 10.8. The van der Waals surface area contributed by atoms with E-state index in [0.29, 0.717) is 47.1 Å². The van der Waals surface area contributed by atoms with Gasteiger partial charge in [-0.1, -0.05) is 24.3 Å². The highest BCUT2D eigenvalue weighted by Crippen LogP contribution is 2.32. The molecule has 3 N–H and O–H groups in total. The van der Waals surface area contributed by atoms with Crippen LogP contribution in [0.4, 0.5) is 21.0 Å². The van der Waals surface area contributed by atoms with Crippen LogP contribution in [0.1, 0.15) is 39.3 Å². The zero-order chi connectivity index (χ0) is 24.7. The SMILES string of the molecule is CCOC(=O)C1=C(C)N(CC)C(=O)NC1c1cccc(NC(=O)Nc2ccccc2OCC)c1. The lowest BCUT2D eigenvalue weighted by Gasteiger charge is -2.34. The predicted octanol–water partition coefficient (Wildman–Crippen LogP) is 4.65. The van der Waals surface area contributed by atoms with Crippen LogP contribution in [0.5, 0.6) is 5.75 Å². The molecular formula is C25H30N4O5. The van der Waals surface area contributed by atoms with Crippen LogP contribution in [-0.2, 0) is 9.53 Å². The minimum Gasteiger partial charge on any atom is -0.492 e. The molecular weight excluding hydrogens is 436 g/mol. The van der Waals surface area contributed by atoms with Crippen molar-refractivity contribution in [2.75, 3.05) is 30.4 Å². The van der Waals surface area contributed by atoms with Crippen LogP contribution in [0, 0.1) is 0 Å². The van der Waals surface area contributed by atoms with Gasteiger partial charge in [-0.2, -0.15) is 0 Å². The van der Waals surface area contributed by atoms with E-state index in [1.807, 2.05) is 19.9 Å². The number of urea groups is 2. The number of carbonyl (C=O) groups excluding carboxylic acids is 3. The minimum absolute atomic E-state index is 0.216. The standard InChI is InChI=1S/C25H30N4O5/c1-5-29-16(4)21(23(30)34-7-3)22(28-25(29)32)17-11-10-12-18(15-17)26-24(31)27-19-13-8-9-14-20(19)33-6-2/h8-15,22H,5-7H2,1-4H3,(H,28,32)(H2,26,27,31). The first-order valence-electron chi connectivity index (χ1n) is 11.2. The van der Waals surface area contributed by atoms with Gasteiger partial charge in [-0.05, 0) is 57.5 Å². The Morgan fingerprint density at radius 1 is 1.03 bits per heavy atom. The van der Waals surface area contributed by atoms with Gasteiger partial charge in [-0.15, -0.1) is 0 Å². The third-order valence-electron chi connectivity index (χ3n) is 5.32. The molecule has 2 aromatic carbocycles. The molecule has 3 rings (SSSR count). The molecule has 0 aliphatic carbocycles. The molecule has 0 saturated carbocycles. The molecule has 180 valence electrons. The molecule has 9 nitrogen and oxygen atoms in total. The molecule has 1 unspecified atom stereocenters. The van der Waals surface area contributed by atoms with E-state index in [1.54, 1.807) is 56.3 Å². The lowest BCUT2D eigenvalue weighted by molar-refractivity contribution is -0.139. The maximum Gasteiger partial charge on any atom is 0.338 e. The minimum atomic E-state index is -0.710. The number of hydrogen-bond donors (Lipinski definition) is 3. The van der Waals surface area contributed by atoms with Gasteiger partial charge in [0.1, 0.15) is 5.75 Å². The van der Waals surface area contributed by atoms with E-state index in [9.17, 15) is 14.4 Å². The summed E-state index contributed by atoms with van der Waals surface area (Å²) in [5.74, 6) is 0.0751. The summed E-state index contributed by atoms with van der Waals surface area (Å²) in [5, 5.41) is 8.45. The van der Waals surface area contributed by atoms with E-state index in [-0.39, 0.29) is 12.6 Å². The summed E-state index contributed by atoms with van der Waals surface area (Å²) in [6, 6.07) is 12.7. The number of para-hydroxylation sites is 2. The smallest absolute Gasteiger partial charge is 0.338 e. The molecule has 0 fully saturated rings. The maximum atomic E-state index is 12.8. The molecule has 0 aromatic heterocycles. The van der Waals surface area contributed by atoms with Gasteiger partial charge in [-0.25, -0.2) is 14.4 Å².